The summed E-state index contributed by atoms with van der Waals surface area (Å²) in [5, 5.41) is 14.3. The highest BCUT2D eigenvalue weighted by atomic mass is 16.4. The average molecular weight is 256 g/mol. The Morgan fingerprint density at radius 2 is 2.00 bits per heavy atom. The number of carboxylic acid groups (broad SMARTS) is 1. The number of urea groups is 1. The summed E-state index contributed by atoms with van der Waals surface area (Å²) >= 11 is 0. The van der Waals surface area contributed by atoms with Crippen LogP contribution in [0.3, 0.4) is 0 Å². The summed E-state index contributed by atoms with van der Waals surface area (Å²) in [6.45, 7) is 7.76. The zero-order valence-electron chi connectivity index (χ0n) is 11.2. The molecule has 0 fully saturated rings. The molecule has 2 atom stereocenters. The minimum atomic E-state index is -0.766. The van der Waals surface area contributed by atoms with Crippen molar-refractivity contribution < 1.29 is 14.7 Å². The summed E-state index contributed by atoms with van der Waals surface area (Å²) in [7, 11) is 0. The lowest BCUT2D eigenvalue weighted by Gasteiger charge is -2.15. The molecule has 0 radical (unpaired) electrons. The van der Waals surface area contributed by atoms with Gasteiger partial charge in [0, 0.05) is 12.6 Å². The standard InChI is InChI=1S/C13H24N2O3/c1-4-5-9-14-13(18)15-11(3)8-6-7-10(2)12(16)17/h4,10-11H,1,5-9H2,2-3H3,(H,16,17)(H2,14,15,18). The third kappa shape index (κ3) is 8.61. The summed E-state index contributed by atoms with van der Waals surface area (Å²) in [4.78, 5) is 22.0. The quantitative estimate of drug-likeness (QED) is 0.437. The maximum Gasteiger partial charge on any atom is 0.315 e. The Balaban J connectivity index is 3.64. The van der Waals surface area contributed by atoms with Gasteiger partial charge in [-0.2, -0.15) is 0 Å². The molecular weight excluding hydrogens is 232 g/mol. The van der Waals surface area contributed by atoms with E-state index in [2.05, 4.69) is 17.2 Å². The zero-order chi connectivity index (χ0) is 14.0. The Hall–Kier alpha value is -1.52. The summed E-state index contributed by atoms with van der Waals surface area (Å²) < 4.78 is 0. The topological polar surface area (TPSA) is 78.4 Å². The van der Waals surface area contributed by atoms with Crippen LogP contribution in [0.5, 0.6) is 0 Å². The average Bonchev–Trinajstić information content (AvgIpc) is 2.28. The molecule has 2 unspecified atom stereocenters. The van der Waals surface area contributed by atoms with E-state index >= 15 is 0 Å². The first-order valence-corrected chi connectivity index (χ1v) is 6.35. The maximum absolute atomic E-state index is 11.4. The van der Waals surface area contributed by atoms with Crippen LogP contribution in [0.2, 0.25) is 0 Å². The Morgan fingerprint density at radius 3 is 2.56 bits per heavy atom. The van der Waals surface area contributed by atoms with Crippen molar-refractivity contribution in [1.29, 1.82) is 0 Å². The van der Waals surface area contributed by atoms with Crippen molar-refractivity contribution in [3.05, 3.63) is 12.7 Å². The lowest BCUT2D eigenvalue weighted by molar-refractivity contribution is -0.141. The molecule has 0 aromatic carbocycles. The molecule has 0 saturated carbocycles. The number of nitrogens with one attached hydrogen (secondary N) is 2. The molecule has 0 aromatic rings. The van der Waals surface area contributed by atoms with Crippen molar-refractivity contribution in [2.24, 2.45) is 5.92 Å². The molecule has 0 heterocycles. The zero-order valence-corrected chi connectivity index (χ0v) is 11.2. The van der Waals surface area contributed by atoms with Crippen LogP contribution in [-0.2, 0) is 4.79 Å². The molecule has 2 amide bonds. The largest absolute Gasteiger partial charge is 0.481 e. The molecule has 0 spiro atoms. The lowest BCUT2D eigenvalue weighted by Crippen LogP contribution is -2.41. The molecule has 3 N–H and O–H groups in total. The Bertz CT molecular complexity index is 279. The molecular formula is C13H24N2O3. The highest BCUT2D eigenvalue weighted by Gasteiger charge is 2.12. The third-order valence-corrected chi connectivity index (χ3v) is 2.71. The first kappa shape index (κ1) is 16.5. The highest BCUT2D eigenvalue weighted by Crippen LogP contribution is 2.09. The number of carbonyl (C=O) groups is 2. The van der Waals surface area contributed by atoms with Gasteiger partial charge in [0.25, 0.3) is 0 Å². The first-order valence-electron chi connectivity index (χ1n) is 6.35. The highest BCUT2D eigenvalue weighted by molar-refractivity contribution is 5.74. The SMILES string of the molecule is C=CCCNC(=O)NC(C)CCCC(C)C(=O)O. The van der Waals surface area contributed by atoms with Crippen molar-refractivity contribution in [3.63, 3.8) is 0 Å². The van der Waals surface area contributed by atoms with Gasteiger partial charge in [0.05, 0.1) is 5.92 Å². The van der Waals surface area contributed by atoms with E-state index in [-0.39, 0.29) is 18.0 Å². The van der Waals surface area contributed by atoms with E-state index in [0.29, 0.717) is 13.0 Å². The van der Waals surface area contributed by atoms with E-state index in [4.69, 9.17) is 5.11 Å². The van der Waals surface area contributed by atoms with Crippen LogP contribution in [0.25, 0.3) is 0 Å². The second-order valence-electron chi connectivity index (χ2n) is 4.55. The Morgan fingerprint density at radius 1 is 1.33 bits per heavy atom. The molecule has 5 nitrogen and oxygen atoms in total. The van der Waals surface area contributed by atoms with E-state index in [1.807, 2.05) is 6.92 Å². The predicted molar refractivity (Wildman–Crippen MR) is 71.5 cm³/mol. The van der Waals surface area contributed by atoms with Crippen molar-refractivity contribution in [3.8, 4) is 0 Å². The van der Waals surface area contributed by atoms with Gasteiger partial charge in [-0.15, -0.1) is 6.58 Å². The molecule has 104 valence electrons. The van der Waals surface area contributed by atoms with Crippen molar-refractivity contribution in [1.82, 2.24) is 10.6 Å². The fourth-order valence-corrected chi connectivity index (χ4v) is 1.49. The van der Waals surface area contributed by atoms with Gasteiger partial charge in [-0.25, -0.2) is 4.79 Å². The van der Waals surface area contributed by atoms with E-state index in [1.165, 1.54) is 0 Å². The van der Waals surface area contributed by atoms with Crippen molar-refractivity contribution in [2.75, 3.05) is 6.54 Å². The van der Waals surface area contributed by atoms with Gasteiger partial charge in [0.2, 0.25) is 0 Å². The van der Waals surface area contributed by atoms with Crippen LogP contribution in [0.4, 0.5) is 4.79 Å². The number of rotatable bonds is 9. The van der Waals surface area contributed by atoms with Crippen LogP contribution in [0.1, 0.15) is 39.5 Å². The van der Waals surface area contributed by atoms with Gasteiger partial charge < -0.3 is 15.7 Å². The number of amides is 2. The lowest BCUT2D eigenvalue weighted by atomic mass is 10.0. The molecule has 18 heavy (non-hydrogen) atoms. The maximum atomic E-state index is 11.4. The van der Waals surface area contributed by atoms with Gasteiger partial charge in [-0.3, -0.25) is 4.79 Å². The molecule has 0 saturated heterocycles. The van der Waals surface area contributed by atoms with Crippen LogP contribution in [-0.4, -0.2) is 29.7 Å². The van der Waals surface area contributed by atoms with Crippen molar-refractivity contribution in [2.45, 2.75) is 45.6 Å². The van der Waals surface area contributed by atoms with Gasteiger partial charge >= 0.3 is 12.0 Å². The minimum Gasteiger partial charge on any atom is -0.481 e. The smallest absolute Gasteiger partial charge is 0.315 e. The minimum absolute atomic E-state index is 0.0507. The normalized spacial score (nSPS) is 13.4. The van der Waals surface area contributed by atoms with Crippen LogP contribution in [0.15, 0.2) is 12.7 Å². The second-order valence-corrected chi connectivity index (χ2v) is 4.55. The van der Waals surface area contributed by atoms with E-state index < -0.39 is 5.97 Å². The summed E-state index contributed by atoms with van der Waals surface area (Å²) in [5.41, 5.74) is 0. The van der Waals surface area contributed by atoms with Gasteiger partial charge in [-0.05, 0) is 26.2 Å². The monoisotopic (exact) mass is 256 g/mol. The number of hydrogen-bond donors (Lipinski definition) is 3. The number of carboxylic acids is 1. The van der Waals surface area contributed by atoms with Crippen LogP contribution >= 0.6 is 0 Å². The molecule has 0 aliphatic carbocycles. The van der Waals surface area contributed by atoms with Gasteiger partial charge in [0.1, 0.15) is 0 Å². The summed E-state index contributed by atoms with van der Waals surface area (Å²) in [6.07, 6.45) is 4.71. The Labute approximate surface area is 109 Å². The summed E-state index contributed by atoms with van der Waals surface area (Å²) in [6, 6.07) is -0.134. The van der Waals surface area contributed by atoms with Gasteiger partial charge in [-0.1, -0.05) is 19.4 Å². The molecule has 0 aliphatic heterocycles. The molecule has 0 aliphatic rings. The Kier molecular flexibility index (Phi) is 8.70. The third-order valence-electron chi connectivity index (χ3n) is 2.71. The van der Waals surface area contributed by atoms with Crippen molar-refractivity contribution >= 4 is 12.0 Å². The van der Waals surface area contributed by atoms with E-state index in [1.54, 1.807) is 13.0 Å². The molecule has 0 rings (SSSR count). The molecule has 0 bridgehead atoms. The molecule has 5 heteroatoms. The number of hydrogen-bond acceptors (Lipinski definition) is 2. The predicted octanol–water partition coefficient (Wildman–Crippen LogP) is 2.14. The fourth-order valence-electron chi connectivity index (χ4n) is 1.49. The van der Waals surface area contributed by atoms with E-state index in [0.717, 1.165) is 19.3 Å². The number of aliphatic carboxylic acids is 1. The summed E-state index contributed by atoms with van der Waals surface area (Å²) in [5.74, 6) is -1.09. The fraction of sp³-hybridized carbons (Fsp3) is 0.692. The number of carbonyl (C=O) groups excluding carboxylic acids is 1. The molecule has 0 aromatic heterocycles. The van der Waals surface area contributed by atoms with Crippen LogP contribution < -0.4 is 10.6 Å². The first-order chi connectivity index (χ1) is 8.47. The van der Waals surface area contributed by atoms with Gasteiger partial charge in [0.15, 0.2) is 0 Å². The second kappa shape index (κ2) is 9.50. The van der Waals surface area contributed by atoms with E-state index in [9.17, 15) is 9.59 Å². The van der Waals surface area contributed by atoms with Crippen LogP contribution in [0, 0.1) is 5.92 Å².